The number of hydrogen-bond acceptors (Lipinski definition) is 5. The molecule has 2 aromatic rings. The molecule has 1 heterocycles. The lowest BCUT2D eigenvalue weighted by Crippen LogP contribution is -2.42. The van der Waals surface area contributed by atoms with Gasteiger partial charge in [0.2, 0.25) is 5.95 Å². The van der Waals surface area contributed by atoms with Crippen LogP contribution in [0, 0.1) is 0 Å². The second-order valence-corrected chi connectivity index (χ2v) is 11.7. The maximum Gasteiger partial charge on any atom is 0.225 e. The quantitative estimate of drug-likeness (QED) is 0.375. The highest BCUT2D eigenvalue weighted by atomic mass is 32.1. The van der Waals surface area contributed by atoms with Crippen molar-refractivity contribution in [3.8, 4) is 0 Å². The number of anilines is 3. The molecule has 36 heavy (non-hydrogen) atoms. The summed E-state index contributed by atoms with van der Waals surface area (Å²) in [4.78, 5) is 11.9. The van der Waals surface area contributed by atoms with Gasteiger partial charge in [-0.25, -0.2) is 4.98 Å². The Morgan fingerprint density at radius 2 is 1.53 bits per heavy atom. The normalized spacial score (nSPS) is 19.7. The van der Waals surface area contributed by atoms with E-state index in [9.17, 15) is 0 Å². The van der Waals surface area contributed by atoms with Gasteiger partial charge in [0.15, 0.2) is 5.11 Å². The molecule has 1 aromatic carbocycles. The van der Waals surface area contributed by atoms with Crippen molar-refractivity contribution < 1.29 is 0 Å². The molecule has 0 spiro atoms. The number of fused-ring (bicyclic) bond motifs is 1. The Kier molecular flexibility index (Phi) is 8.70. The first kappa shape index (κ1) is 26.6. The standard InChI is InChI=1S/C29H44N6S/c1-18(2)22-11-9-12-23(19(3)4)26(22)33-29(36)31-21-16-14-20(15-17-21)30-28-32-25-13-8-7-10-24(25)27(34-28)35(5)6/h9,11-12,18-21H,7-8,10,13-17H2,1-6H3,(H,30,32,34)(H2,31,33,36)/t20-,21+. The fourth-order valence-corrected chi connectivity index (χ4v) is 5.87. The van der Waals surface area contributed by atoms with Crippen LogP contribution in [0.5, 0.6) is 0 Å². The molecular weight excluding hydrogens is 464 g/mol. The number of benzene rings is 1. The van der Waals surface area contributed by atoms with E-state index in [-0.39, 0.29) is 0 Å². The smallest absolute Gasteiger partial charge is 0.225 e. The zero-order valence-electron chi connectivity index (χ0n) is 22.9. The molecule has 0 atom stereocenters. The molecular formula is C29H44N6S. The van der Waals surface area contributed by atoms with Gasteiger partial charge < -0.3 is 20.9 Å². The Hall–Kier alpha value is -2.41. The van der Waals surface area contributed by atoms with Crippen LogP contribution >= 0.6 is 12.2 Å². The van der Waals surface area contributed by atoms with Gasteiger partial charge in [0.25, 0.3) is 0 Å². The van der Waals surface area contributed by atoms with Gasteiger partial charge in [-0.1, -0.05) is 45.9 Å². The molecule has 0 bridgehead atoms. The predicted molar refractivity (Wildman–Crippen MR) is 157 cm³/mol. The molecule has 6 nitrogen and oxygen atoms in total. The topological polar surface area (TPSA) is 65.1 Å². The Bertz CT molecular complexity index is 1030. The lowest BCUT2D eigenvalue weighted by atomic mass is 9.91. The highest BCUT2D eigenvalue weighted by molar-refractivity contribution is 7.80. The molecule has 196 valence electrons. The summed E-state index contributed by atoms with van der Waals surface area (Å²) in [6, 6.07) is 7.37. The number of hydrogen-bond donors (Lipinski definition) is 3. The summed E-state index contributed by atoms with van der Waals surface area (Å²) in [5.74, 6) is 2.75. The minimum atomic E-state index is 0.388. The van der Waals surface area contributed by atoms with Crippen LogP contribution in [0.25, 0.3) is 0 Å². The first-order valence-electron chi connectivity index (χ1n) is 13.8. The maximum absolute atomic E-state index is 5.78. The van der Waals surface area contributed by atoms with E-state index < -0.39 is 0 Å². The highest BCUT2D eigenvalue weighted by Gasteiger charge is 2.25. The minimum absolute atomic E-state index is 0.388. The number of thiocarbonyl (C=S) groups is 1. The fraction of sp³-hybridized carbons (Fsp3) is 0.621. The van der Waals surface area contributed by atoms with Gasteiger partial charge in [-0.3, -0.25) is 0 Å². The Morgan fingerprint density at radius 1 is 0.917 bits per heavy atom. The van der Waals surface area contributed by atoms with E-state index >= 15 is 0 Å². The Labute approximate surface area is 223 Å². The number of nitrogens with one attached hydrogen (secondary N) is 3. The number of rotatable bonds is 7. The molecule has 0 radical (unpaired) electrons. The van der Waals surface area contributed by atoms with E-state index in [2.05, 4.69) is 80.8 Å². The maximum atomic E-state index is 5.78. The average molecular weight is 509 g/mol. The van der Waals surface area contributed by atoms with Crippen molar-refractivity contribution in [1.82, 2.24) is 15.3 Å². The summed E-state index contributed by atoms with van der Waals surface area (Å²) >= 11 is 5.78. The lowest BCUT2D eigenvalue weighted by molar-refractivity contribution is 0.387. The monoisotopic (exact) mass is 508 g/mol. The minimum Gasteiger partial charge on any atom is -0.362 e. The molecule has 3 N–H and O–H groups in total. The van der Waals surface area contributed by atoms with E-state index in [1.165, 1.54) is 40.9 Å². The van der Waals surface area contributed by atoms with E-state index in [4.69, 9.17) is 22.2 Å². The molecule has 4 rings (SSSR count). The lowest BCUT2D eigenvalue weighted by Gasteiger charge is -2.31. The number of aromatic nitrogens is 2. The summed E-state index contributed by atoms with van der Waals surface area (Å²) < 4.78 is 0. The van der Waals surface area contributed by atoms with Crippen LogP contribution < -0.4 is 20.9 Å². The van der Waals surface area contributed by atoms with Crippen molar-refractivity contribution in [1.29, 1.82) is 0 Å². The molecule has 7 heteroatoms. The third kappa shape index (κ3) is 6.28. The van der Waals surface area contributed by atoms with Crippen LogP contribution in [0.15, 0.2) is 18.2 Å². The van der Waals surface area contributed by atoms with Crippen molar-refractivity contribution in [2.45, 2.75) is 103 Å². The third-order valence-electron chi connectivity index (χ3n) is 7.59. The molecule has 0 saturated heterocycles. The zero-order chi connectivity index (χ0) is 25.8. The average Bonchev–Trinajstić information content (AvgIpc) is 2.84. The molecule has 1 aromatic heterocycles. The molecule has 0 amide bonds. The van der Waals surface area contributed by atoms with Crippen molar-refractivity contribution in [3.05, 3.63) is 40.6 Å². The molecule has 0 unspecified atom stereocenters. The number of nitrogens with zero attached hydrogens (tertiary/aromatic N) is 3. The van der Waals surface area contributed by atoms with Gasteiger partial charge in [0.1, 0.15) is 5.82 Å². The van der Waals surface area contributed by atoms with Gasteiger partial charge >= 0.3 is 0 Å². The second-order valence-electron chi connectivity index (χ2n) is 11.3. The molecule has 2 aliphatic carbocycles. The summed E-state index contributed by atoms with van der Waals surface area (Å²) in [6.07, 6.45) is 8.93. The van der Waals surface area contributed by atoms with Crippen LogP contribution in [0.2, 0.25) is 0 Å². The van der Waals surface area contributed by atoms with Crippen molar-refractivity contribution in [2.24, 2.45) is 0 Å². The van der Waals surface area contributed by atoms with Crippen molar-refractivity contribution >= 4 is 34.8 Å². The first-order chi connectivity index (χ1) is 17.2. The van der Waals surface area contributed by atoms with Crippen LogP contribution in [0.4, 0.5) is 17.5 Å². The third-order valence-corrected chi connectivity index (χ3v) is 7.81. The van der Waals surface area contributed by atoms with E-state index in [1.807, 2.05) is 0 Å². The Morgan fingerprint density at radius 3 is 2.14 bits per heavy atom. The summed E-state index contributed by atoms with van der Waals surface area (Å²) in [7, 11) is 4.16. The van der Waals surface area contributed by atoms with Gasteiger partial charge in [0.05, 0.1) is 5.69 Å². The number of aryl methyl sites for hydroxylation is 1. The van der Waals surface area contributed by atoms with Gasteiger partial charge in [-0.2, -0.15) is 4.98 Å². The summed E-state index contributed by atoms with van der Waals surface area (Å²) in [5, 5.41) is 11.6. The first-order valence-corrected chi connectivity index (χ1v) is 14.2. The van der Waals surface area contributed by atoms with Crippen LogP contribution in [-0.2, 0) is 12.8 Å². The Balaban J connectivity index is 1.34. The molecule has 1 saturated carbocycles. The highest BCUT2D eigenvalue weighted by Crippen LogP contribution is 2.33. The number of para-hydroxylation sites is 1. The summed E-state index contributed by atoms with van der Waals surface area (Å²) in [5.41, 5.74) is 6.39. The summed E-state index contributed by atoms with van der Waals surface area (Å²) in [6.45, 7) is 8.96. The van der Waals surface area contributed by atoms with E-state index in [1.54, 1.807) is 0 Å². The van der Waals surface area contributed by atoms with Gasteiger partial charge in [0, 0.05) is 37.4 Å². The van der Waals surface area contributed by atoms with Crippen LogP contribution in [0.1, 0.15) is 100 Å². The van der Waals surface area contributed by atoms with Gasteiger partial charge in [-0.15, -0.1) is 0 Å². The largest absolute Gasteiger partial charge is 0.362 e. The molecule has 2 aliphatic rings. The zero-order valence-corrected chi connectivity index (χ0v) is 23.8. The SMILES string of the molecule is CC(C)c1cccc(C(C)C)c1NC(=S)N[C@H]1CC[C@@H](Nc2nc3c(c(N(C)C)n2)CCCC3)CC1. The molecule has 1 fully saturated rings. The van der Waals surface area contributed by atoms with Crippen LogP contribution in [-0.4, -0.2) is 41.3 Å². The fourth-order valence-electron chi connectivity index (χ4n) is 5.60. The van der Waals surface area contributed by atoms with E-state index in [0.717, 1.165) is 55.4 Å². The molecule has 0 aliphatic heterocycles. The van der Waals surface area contributed by atoms with Crippen molar-refractivity contribution in [2.75, 3.05) is 29.6 Å². The van der Waals surface area contributed by atoms with Crippen molar-refractivity contribution in [3.63, 3.8) is 0 Å². The van der Waals surface area contributed by atoms with Gasteiger partial charge in [-0.05, 0) is 86.5 Å². The predicted octanol–water partition coefficient (Wildman–Crippen LogP) is 6.38. The van der Waals surface area contributed by atoms with Crippen LogP contribution in [0.3, 0.4) is 0 Å². The second kappa shape index (κ2) is 11.8. The van der Waals surface area contributed by atoms with E-state index in [0.29, 0.717) is 23.9 Å².